The van der Waals surface area contributed by atoms with Crippen LogP contribution in [0.4, 0.5) is 0 Å². The zero-order chi connectivity index (χ0) is 16.1. The average Bonchev–Trinajstić information content (AvgIpc) is 2.38. The topological polar surface area (TPSA) is 130 Å². The van der Waals surface area contributed by atoms with Gasteiger partial charge in [0, 0.05) is 6.54 Å². The molecule has 0 unspecified atom stereocenters. The molecule has 21 heavy (non-hydrogen) atoms. The van der Waals surface area contributed by atoms with E-state index in [0.717, 1.165) is 0 Å². The highest BCUT2D eigenvalue weighted by atomic mass is 32.2. The summed E-state index contributed by atoms with van der Waals surface area (Å²) in [5.74, 6) is -1.95. The van der Waals surface area contributed by atoms with Crippen molar-refractivity contribution < 1.29 is 26.7 Å². The molecule has 0 aliphatic carbocycles. The molecule has 0 aliphatic heterocycles. The Morgan fingerprint density at radius 3 is 2.43 bits per heavy atom. The molecule has 118 valence electrons. The molecule has 0 amide bonds. The summed E-state index contributed by atoms with van der Waals surface area (Å²) in [5.41, 5.74) is 0.291. The Morgan fingerprint density at radius 1 is 1.19 bits per heavy atom. The molecule has 10 heteroatoms. The third-order valence-corrected chi connectivity index (χ3v) is 5.26. The van der Waals surface area contributed by atoms with E-state index in [2.05, 4.69) is 9.44 Å². The van der Waals surface area contributed by atoms with E-state index in [4.69, 9.17) is 5.11 Å². The molecule has 0 spiro atoms. The van der Waals surface area contributed by atoms with Crippen molar-refractivity contribution in [1.29, 1.82) is 0 Å². The molecule has 3 N–H and O–H groups in total. The number of carbonyl (C=O) groups is 1. The Bertz CT molecular complexity index is 712. The van der Waals surface area contributed by atoms with Gasteiger partial charge in [-0.25, -0.2) is 31.1 Å². The minimum Gasteiger partial charge on any atom is -0.478 e. The van der Waals surface area contributed by atoms with Crippen LogP contribution in [0.3, 0.4) is 0 Å². The van der Waals surface area contributed by atoms with E-state index >= 15 is 0 Å². The Kier molecular flexibility index (Phi) is 5.84. The van der Waals surface area contributed by atoms with E-state index in [1.807, 2.05) is 0 Å². The number of benzene rings is 1. The Labute approximate surface area is 123 Å². The van der Waals surface area contributed by atoms with Gasteiger partial charge < -0.3 is 5.11 Å². The van der Waals surface area contributed by atoms with E-state index in [9.17, 15) is 21.6 Å². The van der Waals surface area contributed by atoms with Gasteiger partial charge in [-0.15, -0.1) is 0 Å². The van der Waals surface area contributed by atoms with Crippen LogP contribution in [0.1, 0.15) is 15.9 Å². The first-order valence-electron chi connectivity index (χ1n) is 5.86. The van der Waals surface area contributed by atoms with Crippen LogP contribution in [0.2, 0.25) is 0 Å². The van der Waals surface area contributed by atoms with Gasteiger partial charge in [-0.1, -0.05) is 12.1 Å². The third kappa shape index (κ3) is 6.21. The standard InChI is InChI=1S/C11H16N2O6S2/c1-12-20(16,17)6-5-13-21(18,19)8-9-3-2-4-10(7-9)11(14)15/h2-4,7,12-13H,5-6,8H2,1H3,(H,14,15). The molecule has 0 radical (unpaired) electrons. The van der Waals surface area contributed by atoms with E-state index in [1.165, 1.54) is 31.3 Å². The molecule has 0 atom stereocenters. The largest absolute Gasteiger partial charge is 0.478 e. The summed E-state index contributed by atoms with van der Waals surface area (Å²) in [7, 11) is -5.99. The van der Waals surface area contributed by atoms with Gasteiger partial charge in [0.25, 0.3) is 0 Å². The van der Waals surface area contributed by atoms with Gasteiger partial charge in [0.05, 0.1) is 17.1 Å². The zero-order valence-electron chi connectivity index (χ0n) is 11.2. The summed E-state index contributed by atoms with van der Waals surface area (Å²) < 4.78 is 50.1. The third-order valence-electron chi connectivity index (χ3n) is 2.53. The van der Waals surface area contributed by atoms with Crippen molar-refractivity contribution in [2.24, 2.45) is 0 Å². The average molecular weight is 336 g/mol. The second kappa shape index (κ2) is 6.98. The highest BCUT2D eigenvalue weighted by molar-refractivity contribution is 7.90. The van der Waals surface area contributed by atoms with Crippen molar-refractivity contribution in [2.45, 2.75) is 5.75 Å². The van der Waals surface area contributed by atoms with Crippen LogP contribution in [0.5, 0.6) is 0 Å². The van der Waals surface area contributed by atoms with Gasteiger partial charge >= 0.3 is 5.97 Å². The van der Waals surface area contributed by atoms with Gasteiger partial charge in [0.15, 0.2) is 0 Å². The highest BCUT2D eigenvalue weighted by Crippen LogP contribution is 2.08. The smallest absolute Gasteiger partial charge is 0.335 e. The minimum absolute atomic E-state index is 0.0135. The van der Waals surface area contributed by atoms with Crippen molar-refractivity contribution in [1.82, 2.24) is 9.44 Å². The number of nitrogens with one attached hydrogen (secondary N) is 2. The normalized spacial score (nSPS) is 12.2. The lowest BCUT2D eigenvalue weighted by Crippen LogP contribution is -2.33. The minimum atomic E-state index is -3.74. The first-order valence-corrected chi connectivity index (χ1v) is 9.16. The predicted molar refractivity (Wildman–Crippen MR) is 76.9 cm³/mol. The monoisotopic (exact) mass is 336 g/mol. The molecule has 0 saturated carbocycles. The SMILES string of the molecule is CNS(=O)(=O)CCNS(=O)(=O)Cc1cccc(C(=O)O)c1. The first kappa shape index (κ1) is 17.6. The maximum Gasteiger partial charge on any atom is 0.335 e. The van der Waals surface area contributed by atoms with Crippen LogP contribution >= 0.6 is 0 Å². The van der Waals surface area contributed by atoms with Crippen LogP contribution < -0.4 is 9.44 Å². The van der Waals surface area contributed by atoms with Gasteiger partial charge in [0.1, 0.15) is 0 Å². The van der Waals surface area contributed by atoms with Crippen LogP contribution in [-0.2, 0) is 25.8 Å². The van der Waals surface area contributed by atoms with Crippen LogP contribution in [0, 0.1) is 0 Å². The quantitative estimate of drug-likeness (QED) is 0.578. The molecular weight excluding hydrogens is 320 g/mol. The Morgan fingerprint density at radius 2 is 1.86 bits per heavy atom. The maximum absolute atomic E-state index is 11.8. The molecule has 0 aromatic heterocycles. The first-order chi connectivity index (χ1) is 9.65. The predicted octanol–water partition coefficient (Wildman–Crippen LogP) is -0.647. The maximum atomic E-state index is 11.8. The van der Waals surface area contributed by atoms with Crippen molar-refractivity contribution in [2.75, 3.05) is 19.3 Å². The molecule has 1 aromatic rings. The van der Waals surface area contributed by atoms with Crippen LogP contribution in [0.15, 0.2) is 24.3 Å². The molecule has 0 aliphatic rings. The molecule has 1 aromatic carbocycles. The summed E-state index contributed by atoms with van der Waals surface area (Å²) in [6.07, 6.45) is 0. The lowest BCUT2D eigenvalue weighted by Gasteiger charge is -2.07. The van der Waals surface area contributed by atoms with Crippen molar-refractivity contribution >= 4 is 26.0 Å². The van der Waals surface area contributed by atoms with Gasteiger partial charge in [-0.05, 0) is 24.7 Å². The van der Waals surface area contributed by atoms with E-state index < -0.39 is 31.8 Å². The van der Waals surface area contributed by atoms with Crippen molar-refractivity contribution in [3.63, 3.8) is 0 Å². The highest BCUT2D eigenvalue weighted by Gasteiger charge is 2.14. The fourth-order valence-corrected chi connectivity index (χ4v) is 3.34. The van der Waals surface area contributed by atoms with Crippen molar-refractivity contribution in [3.05, 3.63) is 35.4 Å². The van der Waals surface area contributed by atoms with Crippen molar-refractivity contribution in [3.8, 4) is 0 Å². The second-order valence-corrected chi connectivity index (χ2v) is 8.03. The number of sulfonamides is 2. The second-order valence-electron chi connectivity index (χ2n) is 4.18. The Balaban J connectivity index is 2.68. The summed E-state index contributed by atoms with van der Waals surface area (Å²) in [5, 5.41) is 8.83. The summed E-state index contributed by atoms with van der Waals surface area (Å²) in [6.45, 7) is -0.260. The van der Waals surface area contributed by atoms with Gasteiger partial charge in [0.2, 0.25) is 20.0 Å². The van der Waals surface area contributed by atoms with E-state index in [1.54, 1.807) is 0 Å². The number of hydrogen-bond donors (Lipinski definition) is 3. The molecular formula is C11H16N2O6S2. The number of rotatable bonds is 8. The van der Waals surface area contributed by atoms with E-state index in [-0.39, 0.29) is 17.9 Å². The lowest BCUT2D eigenvalue weighted by molar-refractivity contribution is 0.0696. The lowest BCUT2D eigenvalue weighted by atomic mass is 10.1. The summed E-state index contributed by atoms with van der Waals surface area (Å²) in [6, 6.07) is 5.53. The van der Waals surface area contributed by atoms with Gasteiger partial charge in [-0.3, -0.25) is 0 Å². The van der Waals surface area contributed by atoms with E-state index in [0.29, 0.717) is 5.56 Å². The zero-order valence-corrected chi connectivity index (χ0v) is 12.9. The fraction of sp³-hybridized carbons (Fsp3) is 0.364. The summed E-state index contributed by atoms with van der Waals surface area (Å²) in [4.78, 5) is 10.8. The molecule has 8 nitrogen and oxygen atoms in total. The Hall–Kier alpha value is -1.49. The number of carboxylic acids is 1. The van der Waals surface area contributed by atoms with Gasteiger partial charge in [-0.2, -0.15) is 0 Å². The molecule has 0 heterocycles. The fourth-order valence-electron chi connectivity index (χ4n) is 1.50. The number of aromatic carboxylic acids is 1. The number of carboxylic acid groups (broad SMARTS) is 1. The molecule has 0 saturated heterocycles. The number of hydrogen-bond acceptors (Lipinski definition) is 5. The van der Waals surface area contributed by atoms with Crippen LogP contribution in [0.25, 0.3) is 0 Å². The van der Waals surface area contributed by atoms with Crippen LogP contribution in [-0.4, -0.2) is 47.3 Å². The molecule has 1 rings (SSSR count). The summed E-state index contributed by atoms with van der Waals surface area (Å²) >= 11 is 0. The molecule has 0 fully saturated rings. The molecule has 0 bridgehead atoms.